The smallest absolute Gasteiger partial charge is 0.137 e. The Bertz CT molecular complexity index is 377. The van der Waals surface area contributed by atoms with E-state index in [1.54, 1.807) is 6.33 Å². The van der Waals surface area contributed by atoms with Crippen LogP contribution in [0.5, 0.6) is 0 Å². The van der Waals surface area contributed by atoms with E-state index in [1.807, 2.05) is 6.92 Å². The third-order valence-electron chi connectivity index (χ3n) is 3.29. The van der Waals surface area contributed by atoms with Gasteiger partial charge in [0.1, 0.15) is 18.0 Å². The number of nitrogens with two attached hydrogens (primary N) is 1. The third-order valence-corrected chi connectivity index (χ3v) is 3.29. The summed E-state index contributed by atoms with van der Waals surface area (Å²) in [4.78, 5) is 12.9. The number of nitrogen functional groups attached to an aromatic ring is 1. The van der Waals surface area contributed by atoms with Crippen LogP contribution in [0, 0.1) is 6.92 Å². The summed E-state index contributed by atoms with van der Waals surface area (Å²) in [5.74, 6) is 1.56. The second kappa shape index (κ2) is 4.25. The number of likely N-dealkylation sites (N-methyl/N-ethyl adjacent to an activating group) is 1. The largest absolute Gasteiger partial charge is 0.383 e. The first-order chi connectivity index (χ1) is 7.59. The highest BCUT2D eigenvalue weighted by molar-refractivity contribution is 5.56. The molecular formula is C11H19N5. The molecular weight excluding hydrogens is 202 g/mol. The highest BCUT2D eigenvalue weighted by atomic mass is 15.3. The summed E-state index contributed by atoms with van der Waals surface area (Å²) in [7, 11) is 4.24. The molecule has 2 heterocycles. The van der Waals surface area contributed by atoms with Crippen LogP contribution in [-0.2, 0) is 0 Å². The first-order valence-electron chi connectivity index (χ1n) is 5.58. The maximum absolute atomic E-state index is 5.79. The van der Waals surface area contributed by atoms with E-state index in [0.717, 1.165) is 24.5 Å². The third kappa shape index (κ3) is 1.95. The molecule has 1 aromatic rings. The van der Waals surface area contributed by atoms with Gasteiger partial charge < -0.3 is 15.5 Å². The topological polar surface area (TPSA) is 58.3 Å². The molecule has 0 spiro atoms. The fraction of sp³-hybridized carbons (Fsp3) is 0.636. The Morgan fingerprint density at radius 2 is 2.19 bits per heavy atom. The molecule has 1 fully saturated rings. The van der Waals surface area contributed by atoms with Crippen molar-refractivity contribution in [3.05, 3.63) is 11.9 Å². The SMILES string of the molecule is Cc1c(N)ncnc1N1CCC(N(C)C)C1. The monoisotopic (exact) mass is 221 g/mol. The molecule has 5 nitrogen and oxygen atoms in total. The highest BCUT2D eigenvalue weighted by Gasteiger charge is 2.26. The van der Waals surface area contributed by atoms with E-state index >= 15 is 0 Å². The minimum absolute atomic E-state index is 0.582. The second-order valence-corrected chi connectivity index (χ2v) is 4.56. The Hall–Kier alpha value is -1.36. The summed E-state index contributed by atoms with van der Waals surface area (Å²) in [6.07, 6.45) is 2.72. The fourth-order valence-corrected chi connectivity index (χ4v) is 2.13. The predicted octanol–water partition coefficient (Wildman–Crippen LogP) is 0.508. The summed E-state index contributed by atoms with van der Waals surface area (Å²) in [5, 5.41) is 0. The minimum Gasteiger partial charge on any atom is -0.383 e. The molecule has 0 radical (unpaired) electrons. The average molecular weight is 221 g/mol. The van der Waals surface area contributed by atoms with E-state index in [2.05, 4.69) is 33.9 Å². The van der Waals surface area contributed by atoms with Gasteiger partial charge in [0.25, 0.3) is 0 Å². The van der Waals surface area contributed by atoms with Crippen molar-refractivity contribution < 1.29 is 0 Å². The maximum Gasteiger partial charge on any atom is 0.137 e. The number of nitrogens with zero attached hydrogens (tertiary/aromatic N) is 4. The van der Waals surface area contributed by atoms with Gasteiger partial charge in [0.2, 0.25) is 0 Å². The molecule has 2 rings (SSSR count). The first-order valence-corrected chi connectivity index (χ1v) is 5.58. The van der Waals surface area contributed by atoms with E-state index in [1.165, 1.54) is 6.42 Å². The molecule has 5 heteroatoms. The lowest BCUT2D eigenvalue weighted by Gasteiger charge is -2.22. The molecule has 0 bridgehead atoms. The molecule has 16 heavy (non-hydrogen) atoms. The Morgan fingerprint density at radius 1 is 1.44 bits per heavy atom. The lowest BCUT2D eigenvalue weighted by molar-refractivity contribution is 0.315. The Morgan fingerprint density at radius 3 is 2.81 bits per heavy atom. The number of aromatic nitrogens is 2. The van der Waals surface area contributed by atoms with Gasteiger partial charge in [0, 0.05) is 24.7 Å². The van der Waals surface area contributed by atoms with Gasteiger partial charge in [-0.05, 0) is 27.4 Å². The summed E-state index contributed by atoms with van der Waals surface area (Å²) < 4.78 is 0. The molecule has 2 N–H and O–H groups in total. The van der Waals surface area contributed by atoms with Crippen molar-refractivity contribution >= 4 is 11.6 Å². The van der Waals surface area contributed by atoms with Crippen LogP contribution >= 0.6 is 0 Å². The summed E-state index contributed by atoms with van der Waals surface area (Å²) in [6, 6.07) is 0.607. The summed E-state index contributed by atoms with van der Waals surface area (Å²) in [6.45, 7) is 4.04. The normalized spacial score (nSPS) is 20.8. The van der Waals surface area contributed by atoms with Gasteiger partial charge >= 0.3 is 0 Å². The zero-order valence-corrected chi connectivity index (χ0v) is 10.1. The number of anilines is 2. The van der Waals surface area contributed by atoms with Crippen molar-refractivity contribution in [2.45, 2.75) is 19.4 Å². The predicted molar refractivity (Wildman–Crippen MR) is 65.5 cm³/mol. The molecule has 0 aromatic carbocycles. The molecule has 0 aliphatic carbocycles. The molecule has 1 unspecified atom stereocenters. The lowest BCUT2D eigenvalue weighted by atomic mass is 10.2. The zero-order chi connectivity index (χ0) is 11.7. The lowest BCUT2D eigenvalue weighted by Crippen LogP contribution is -2.32. The zero-order valence-electron chi connectivity index (χ0n) is 10.1. The number of hydrogen-bond donors (Lipinski definition) is 1. The van der Waals surface area contributed by atoms with Crippen molar-refractivity contribution in [1.29, 1.82) is 0 Å². The Kier molecular flexibility index (Phi) is 2.96. The quantitative estimate of drug-likeness (QED) is 0.788. The number of rotatable bonds is 2. The molecule has 0 saturated carbocycles. The van der Waals surface area contributed by atoms with Crippen LogP contribution in [0.4, 0.5) is 11.6 Å². The van der Waals surface area contributed by atoms with Gasteiger partial charge in [-0.1, -0.05) is 0 Å². The van der Waals surface area contributed by atoms with Gasteiger partial charge in [-0.2, -0.15) is 0 Å². The summed E-state index contributed by atoms with van der Waals surface area (Å²) in [5.41, 5.74) is 6.78. The van der Waals surface area contributed by atoms with Gasteiger partial charge in [-0.15, -0.1) is 0 Å². The van der Waals surface area contributed by atoms with E-state index in [9.17, 15) is 0 Å². The van der Waals surface area contributed by atoms with Gasteiger partial charge in [-0.25, -0.2) is 9.97 Å². The van der Waals surface area contributed by atoms with E-state index < -0.39 is 0 Å². The van der Waals surface area contributed by atoms with Crippen molar-refractivity contribution in [1.82, 2.24) is 14.9 Å². The first kappa shape index (κ1) is 11.1. The molecule has 1 atom stereocenters. The molecule has 1 aliphatic heterocycles. The molecule has 1 aliphatic rings. The van der Waals surface area contributed by atoms with Gasteiger partial charge in [-0.3, -0.25) is 0 Å². The van der Waals surface area contributed by atoms with E-state index in [4.69, 9.17) is 5.73 Å². The van der Waals surface area contributed by atoms with Crippen LogP contribution in [0.25, 0.3) is 0 Å². The van der Waals surface area contributed by atoms with Gasteiger partial charge in [0.05, 0.1) is 0 Å². The van der Waals surface area contributed by atoms with Crippen molar-refractivity contribution in [2.24, 2.45) is 0 Å². The van der Waals surface area contributed by atoms with Crippen LogP contribution in [0.3, 0.4) is 0 Å². The van der Waals surface area contributed by atoms with E-state index in [-0.39, 0.29) is 0 Å². The fourth-order valence-electron chi connectivity index (χ4n) is 2.13. The van der Waals surface area contributed by atoms with E-state index in [0.29, 0.717) is 11.9 Å². The molecule has 1 aromatic heterocycles. The number of hydrogen-bond acceptors (Lipinski definition) is 5. The van der Waals surface area contributed by atoms with Crippen molar-refractivity contribution in [2.75, 3.05) is 37.8 Å². The van der Waals surface area contributed by atoms with Crippen LogP contribution in [-0.4, -0.2) is 48.1 Å². The van der Waals surface area contributed by atoms with Crippen molar-refractivity contribution in [3.8, 4) is 0 Å². The summed E-state index contributed by atoms with van der Waals surface area (Å²) >= 11 is 0. The van der Waals surface area contributed by atoms with Crippen LogP contribution < -0.4 is 10.6 Å². The molecule has 1 saturated heterocycles. The Labute approximate surface area is 96.3 Å². The average Bonchev–Trinajstić information content (AvgIpc) is 2.71. The van der Waals surface area contributed by atoms with Crippen LogP contribution in [0.2, 0.25) is 0 Å². The Balaban J connectivity index is 2.17. The minimum atomic E-state index is 0.582. The van der Waals surface area contributed by atoms with Crippen molar-refractivity contribution in [3.63, 3.8) is 0 Å². The second-order valence-electron chi connectivity index (χ2n) is 4.56. The van der Waals surface area contributed by atoms with Crippen LogP contribution in [0.15, 0.2) is 6.33 Å². The van der Waals surface area contributed by atoms with Gasteiger partial charge in [0.15, 0.2) is 0 Å². The standard InChI is InChI=1S/C11H19N5/c1-8-10(12)13-7-14-11(8)16-5-4-9(6-16)15(2)3/h7,9H,4-6H2,1-3H3,(H2,12,13,14). The maximum atomic E-state index is 5.79. The molecule has 0 amide bonds. The highest BCUT2D eigenvalue weighted by Crippen LogP contribution is 2.24. The van der Waals surface area contributed by atoms with Crippen LogP contribution in [0.1, 0.15) is 12.0 Å². The molecule has 88 valence electrons.